The summed E-state index contributed by atoms with van der Waals surface area (Å²) in [5.74, 6) is 2.25. The highest BCUT2D eigenvalue weighted by molar-refractivity contribution is 5.86. The Labute approximate surface area is 183 Å². The summed E-state index contributed by atoms with van der Waals surface area (Å²) < 4.78 is 12.9. The number of aromatic nitrogens is 3. The molecule has 158 valence electrons. The number of imidazole rings is 1. The number of nitrogens with zero attached hydrogens (tertiary/aromatic N) is 2. The number of nitrogens with one attached hydrogen (secondary N) is 2. The van der Waals surface area contributed by atoms with Crippen LogP contribution in [0.1, 0.15) is 11.1 Å². The van der Waals surface area contributed by atoms with Gasteiger partial charge in [-0.2, -0.15) is 0 Å². The van der Waals surface area contributed by atoms with Gasteiger partial charge in [0.1, 0.15) is 17.2 Å². The van der Waals surface area contributed by atoms with E-state index in [1.54, 1.807) is 0 Å². The summed E-state index contributed by atoms with van der Waals surface area (Å²) in [4.78, 5) is 20.8. The van der Waals surface area contributed by atoms with E-state index in [2.05, 4.69) is 16.4 Å². The Kier molecular flexibility index (Phi) is 4.14. The Morgan fingerprint density at radius 1 is 1.06 bits per heavy atom. The van der Waals surface area contributed by atoms with Crippen LogP contribution in [-0.2, 0) is 6.54 Å². The molecule has 0 saturated carbocycles. The number of pyridine rings is 2. The molecule has 0 saturated heterocycles. The zero-order valence-corrected chi connectivity index (χ0v) is 17.4. The summed E-state index contributed by atoms with van der Waals surface area (Å²) in [6.45, 7) is 2.82. The van der Waals surface area contributed by atoms with Gasteiger partial charge >= 0.3 is 0 Å². The topological polar surface area (TPSA) is 80.7 Å². The number of H-pyrrole nitrogens is 1. The van der Waals surface area contributed by atoms with Crippen molar-refractivity contribution in [1.82, 2.24) is 14.4 Å². The van der Waals surface area contributed by atoms with Gasteiger partial charge in [-0.1, -0.05) is 23.8 Å². The second kappa shape index (κ2) is 7.16. The molecular formula is C25H20N4O3. The molecule has 7 nitrogen and oxygen atoms in total. The van der Waals surface area contributed by atoms with Gasteiger partial charge in [0, 0.05) is 18.3 Å². The highest BCUT2D eigenvalue weighted by Crippen LogP contribution is 2.33. The van der Waals surface area contributed by atoms with Crippen molar-refractivity contribution in [1.29, 1.82) is 0 Å². The van der Waals surface area contributed by atoms with Crippen molar-refractivity contribution in [2.24, 2.45) is 0 Å². The Morgan fingerprint density at radius 2 is 1.97 bits per heavy atom. The van der Waals surface area contributed by atoms with E-state index in [1.165, 1.54) is 0 Å². The van der Waals surface area contributed by atoms with Crippen molar-refractivity contribution < 1.29 is 9.47 Å². The molecule has 4 heterocycles. The van der Waals surface area contributed by atoms with Crippen LogP contribution in [-0.4, -0.2) is 21.2 Å². The van der Waals surface area contributed by atoms with Gasteiger partial charge < -0.3 is 19.8 Å². The van der Waals surface area contributed by atoms with E-state index in [0.717, 1.165) is 45.0 Å². The zero-order chi connectivity index (χ0) is 21.7. The molecule has 0 atom stereocenters. The quantitative estimate of drug-likeness (QED) is 0.444. The molecule has 0 unspecified atom stereocenters. The number of hydrogen-bond donors (Lipinski definition) is 2. The second-order valence-electron chi connectivity index (χ2n) is 7.88. The molecule has 2 N–H and O–H groups in total. The summed E-state index contributed by atoms with van der Waals surface area (Å²) >= 11 is 0. The van der Waals surface area contributed by atoms with E-state index in [-0.39, 0.29) is 12.4 Å². The van der Waals surface area contributed by atoms with E-state index in [1.807, 2.05) is 72.1 Å². The number of hydrogen-bond acceptors (Lipinski definition) is 5. The monoisotopic (exact) mass is 424 g/mol. The van der Waals surface area contributed by atoms with Gasteiger partial charge in [-0.3, -0.25) is 9.20 Å². The smallest absolute Gasteiger partial charge is 0.258 e. The Balaban J connectivity index is 1.45. The number of rotatable bonds is 4. The standard InChI is InChI=1S/C25H20N4O3/c1-15-5-7-19-17(10-15)12-18(25(30)27-19)23-24(29-9-3-2-4-22(29)28-23)26-13-16-6-8-20-21(11-16)32-14-31-20/h2-12,26H,13-14H2,1H3,(H,27,30). The molecule has 0 aliphatic carbocycles. The minimum absolute atomic E-state index is 0.170. The average Bonchev–Trinajstić information content (AvgIpc) is 3.41. The first kappa shape index (κ1) is 18.5. The number of aromatic amines is 1. The lowest BCUT2D eigenvalue weighted by atomic mass is 10.1. The number of benzene rings is 2. The van der Waals surface area contributed by atoms with Crippen LogP contribution in [0.2, 0.25) is 0 Å². The van der Waals surface area contributed by atoms with Crippen molar-refractivity contribution in [2.45, 2.75) is 13.5 Å². The predicted molar refractivity (Wildman–Crippen MR) is 123 cm³/mol. The predicted octanol–water partition coefficient (Wildman–Crippen LogP) is 4.49. The van der Waals surface area contributed by atoms with Gasteiger partial charge in [0.2, 0.25) is 6.79 Å². The van der Waals surface area contributed by atoms with Crippen molar-refractivity contribution in [3.8, 4) is 22.8 Å². The molecule has 0 radical (unpaired) electrons. The lowest BCUT2D eigenvalue weighted by Gasteiger charge is -2.10. The number of aryl methyl sites for hydroxylation is 1. The van der Waals surface area contributed by atoms with Crippen LogP contribution in [0.25, 0.3) is 27.8 Å². The van der Waals surface area contributed by atoms with Gasteiger partial charge in [0.25, 0.3) is 5.56 Å². The summed E-state index contributed by atoms with van der Waals surface area (Å²) in [5.41, 5.74) is 4.71. The SMILES string of the molecule is Cc1ccc2[nH]c(=O)c(-c3nc4ccccn4c3NCc3ccc4c(c3)OCO4)cc2c1. The number of anilines is 1. The summed E-state index contributed by atoms with van der Waals surface area (Å²) in [6, 6.07) is 19.6. The second-order valence-corrected chi connectivity index (χ2v) is 7.88. The van der Waals surface area contributed by atoms with Gasteiger partial charge in [-0.05, 0) is 60.3 Å². The van der Waals surface area contributed by atoms with Gasteiger partial charge in [0.15, 0.2) is 11.5 Å². The van der Waals surface area contributed by atoms with Crippen molar-refractivity contribution >= 4 is 22.4 Å². The van der Waals surface area contributed by atoms with Crippen LogP contribution in [0.4, 0.5) is 5.82 Å². The third-order valence-corrected chi connectivity index (χ3v) is 5.68. The van der Waals surface area contributed by atoms with Crippen LogP contribution in [0.5, 0.6) is 11.5 Å². The lowest BCUT2D eigenvalue weighted by Crippen LogP contribution is -2.11. The Bertz CT molecular complexity index is 1550. The van der Waals surface area contributed by atoms with Crippen LogP contribution >= 0.6 is 0 Å². The fraction of sp³-hybridized carbons (Fsp3) is 0.120. The van der Waals surface area contributed by atoms with Crippen molar-refractivity contribution in [3.05, 3.63) is 88.3 Å². The highest BCUT2D eigenvalue weighted by Gasteiger charge is 2.18. The number of ether oxygens (including phenoxy) is 2. The molecule has 0 amide bonds. The molecule has 3 aromatic heterocycles. The molecule has 7 heteroatoms. The zero-order valence-electron chi connectivity index (χ0n) is 17.4. The van der Waals surface area contributed by atoms with Crippen LogP contribution < -0.4 is 20.3 Å². The number of fused-ring (bicyclic) bond motifs is 3. The lowest BCUT2D eigenvalue weighted by molar-refractivity contribution is 0.174. The summed E-state index contributed by atoms with van der Waals surface area (Å²) in [6.07, 6.45) is 1.94. The fourth-order valence-corrected chi connectivity index (χ4v) is 4.09. The third-order valence-electron chi connectivity index (χ3n) is 5.68. The van der Waals surface area contributed by atoms with E-state index in [4.69, 9.17) is 14.5 Å². The molecule has 0 spiro atoms. The van der Waals surface area contributed by atoms with Gasteiger partial charge in [-0.15, -0.1) is 0 Å². The van der Waals surface area contributed by atoms with E-state index < -0.39 is 0 Å². The normalized spacial score (nSPS) is 12.5. The molecule has 2 aromatic carbocycles. The van der Waals surface area contributed by atoms with E-state index in [9.17, 15) is 4.79 Å². The minimum atomic E-state index is -0.170. The largest absolute Gasteiger partial charge is 0.454 e. The van der Waals surface area contributed by atoms with Gasteiger partial charge in [0.05, 0.1) is 5.56 Å². The van der Waals surface area contributed by atoms with Crippen LogP contribution in [0.15, 0.2) is 71.7 Å². The average molecular weight is 424 g/mol. The molecule has 6 rings (SSSR count). The van der Waals surface area contributed by atoms with Crippen molar-refractivity contribution in [3.63, 3.8) is 0 Å². The molecular weight excluding hydrogens is 404 g/mol. The molecule has 1 aliphatic rings. The Morgan fingerprint density at radius 3 is 2.91 bits per heavy atom. The first-order chi connectivity index (χ1) is 15.7. The molecule has 5 aromatic rings. The van der Waals surface area contributed by atoms with E-state index in [0.29, 0.717) is 17.8 Å². The maximum Gasteiger partial charge on any atom is 0.258 e. The molecule has 0 bridgehead atoms. The molecule has 0 fully saturated rings. The maximum atomic E-state index is 13.0. The molecule has 1 aliphatic heterocycles. The summed E-state index contributed by atoms with van der Waals surface area (Å²) in [5, 5.41) is 4.45. The van der Waals surface area contributed by atoms with E-state index >= 15 is 0 Å². The first-order valence-electron chi connectivity index (χ1n) is 10.4. The summed E-state index contributed by atoms with van der Waals surface area (Å²) in [7, 11) is 0. The Hall–Kier alpha value is -4.26. The van der Waals surface area contributed by atoms with Crippen LogP contribution in [0.3, 0.4) is 0 Å². The maximum absolute atomic E-state index is 13.0. The minimum Gasteiger partial charge on any atom is -0.454 e. The molecule has 32 heavy (non-hydrogen) atoms. The third kappa shape index (κ3) is 3.06. The van der Waals surface area contributed by atoms with Crippen molar-refractivity contribution in [2.75, 3.05) is 12.1 Å². The highest BCUT2D eigenvalue weighted by atomic mass is 16.7. The fourth-order valence-electron chi connectivity index (χ4n) is 4.09. The van der Waals surface area contributed by atoms with Crippen LogP contribution in [0, 0.1) is 6.92 Å². The first-order valence-corrected chi connectivity index (χ1v) is 10.4. The van der Waals surface area contributed by atoms with Gasteiger partial charge in [-0.25, -0.2) is 4.98 Å².